The van der Waals surface area contributed by atoms with Gasteiger partial charge in [-0.3, -0.25) is 4.57 Å². The Morgan fingerprint density at radius 1 is 1.19 bits per heavy atom. The van der Waals surface area contributed by atoms with Gasteiger partial charge in [-0.2, -0.15) is 4.98 Å². The summed E-state index contributed by atoms with van der Waals surface area (Å²) in [5.74, 6) is -1.64. The van der Waals surface area contributed by atoms with Gasteiger partial charge in [-0.05, 0) is 31.8 Å². The number of hydrogen-bond donors (Lipinski definition) is 3. The largest absolute Gasteiger partial charge is 0.393 e. The molecule has 1 saturated carbocycles. The molecular weight excluding hydrogens is 361 g/mol. The maximum atomic E-state index is 14.2. The molecule has 1 fully saturated rings. The summed E-state index contributed by atoms with van der Waals surface area (Å²) in [6.45, 7) is 0. The number of imidazole rings is 1. The van der Waals surface area contributed by atoms with Crippen LogP contribution in [-0.4, -0.2) is 42.9 Å². The molecule has 2 unspecified atom stereocenters. The van der Waals surface area contributed by atoms with E-state index in [0.717, 1.165) is 0 Å². The number of hydrogen-bond acceptors (Lipinski definition) is 6. The Kier molecular flexibility index (Phi) is 4.50. The van der Waals surface area contributed by atoms with E-state index < -0.39 is 23.9 Å². The number of anilines is 2. The molecule has 2 aromatic rings. The molecule has 0 aromatic carbocycles. The van der Waals surface area contributed by atoms with Gasteiger partial charge in [0.25, 0.3) is 0 Å². The molecule has 2 heterocycles. The van der Waals surface area contributed by atoms with E-state index in [-0.39, 0.29) is 24.0 Å². The maximum Gasteiger partial charge on any atom is 0.222 e. The Labute approximate surface area is 152 Å². The summed E-state index contributed by atoms with van der Waals surface area (Å²) in [4.78, 5) is 12.5. The summed E-state index contributed by atoms with van der Waals surface area (Å²) < 4.78 is 43.3. The van der Waals surface area contributed by atoms with Gasteiger partial charge < -0.3 is 16.2 Å². The fourth-order valence-electron chi connectivity index (χ4n) is 3.63. The van der Waals surface area contributed by atoms with E-state index >= 15 is 0 Å². The number of allylic oxidation sites excluding steroid dienone is 2. The van der Waals surface area contributed by atoms with Crippen molar-refractivity contribution in [1.29, 1.82) is 0 Å². The van der Waals surface area contributed by atoms with Crippen LogP contribution in [0.3, 0.4) is 0 Å². The van der Waals surface area contributed by atoms with Crippen molar-refractivity contribution in [3.05, 3.63) is 30.0 Å². The molecule has 144 valence electrons. The molecule has 7 nitrogen and oxygen atoms in total. The lowest BCUT2D eigenvalue weighted by atomic mass is 9.93. The molecule has 4 N–H and O–H groups in total. The minimum atomic E-state index is -1.88. The monoisotopic (exact) mass is 380 g/mol. The molecule has 0 amide bonds. The van der Waals surface area contributed by atoms with Crippen molar-refractivity contribution < 1.29 is 18.3 Å². The number of aromatic nitrogens is 4. The third kappa shape index (κ3) is 3.36. The fraction of sp³-hybridized carbons (Fsp3) is 0.471. The molecule has 10 heteroatoms. The van der Waals surface area contributed by atoms with Crippen LogP contribution >= 0.6 is 0 Å². The summed E-state index contributed by atoms with van der Waals surface area (Å²) >= 11 is 0. The zero-order chi connectivity index (χ0) is 19.1. The van der Waals surface area contributed by atoms with E-state index in [2.05, 4.69) is 20.3 Å². The highest BCUT2D eigenvalue weighted by molar-refractivity contribution is 5.75. The van der Waals surface area contributed by atoms with Crippen LogP contribution in [0.1, 0.15) is 31.7 Å². The van der Waals surface area contributed by atoms with Crippen LogP contribution in [0.25, 0.3) is 11.2 Å². The molecule has 2 aromatic heterocycles. The zero-order valence-electron chi connectivity index (χ0n) is 14.3. The highest BCUT2D eigenvalue weighted by Gasteiger charge is 2.32. The first-order chi connectivity index (χ1) is 12.9. The Morgan fingerprint density at radius 2 is 1.93 bits per heavy atom. The summed E-state index contributed by atoms with van der Waals surface area (Å²) in [5, 5.41) is 12.5. The number of aliphatic hydroxyl groups excluding tert-OH is 1. The van der Waals surface area contributed by atoms with Crippen LogP contribution in [0.15, 0.2) is 30.0 Å². The first-order valence-corrected chi connectivity index (χ1v) is 8.76. The number of nitrogens with two attached hydrogens (primary N) is 1. The second-order valence-electron chi connectivity index (χ2n) is 6.85. The van der Waals surface area contributed by atoms with E-state index in [1.54, 1.807) is 4.57 Å². The molecule has 0 aliphatic heterocycles. The maximum absolute atomic E-state index is 14.2. The number of nitrogen functional groups attached to an aromatic ring is 1. The van der Waals surface area contributed by atoms with Gasteiger partial charge in [0.15, 0.2) is 5.65 Å². The lowest BCUT2D eigenvalue weighted by molar-refractivity contribution is 0.111. The van der Waals surface area contributed by atoms with Gasteiger partial charge in [0, 0.05) is 12.1 Å². The molecule has 0 bridgehead atoms. The van der Waals surface area contributed by atoms with E-state index in [1.807, 2.05) is 0 Å². The number of aliphatic hydroxyl groups is 1. The zero-order valence-corrected chi connectivity index (χ0v) is 14.3. The average molecular weight is 380 g/mol. The third-order valence-corrected chi connectivity index (χ3v) is 4.98. The number of nitrogens with one attached hydrogen (secondary N) is 1. The first-order valence-electron chi connectivity index (χ1n) is 8.76. The van der Waals surface area contributed by atoms with Crippen molar-refractivity contribution in [2.24, 2.45) is 0 Å². The van der Waals surface area contributed by atoms with E-state index in [0.29, 0.717) is 49.0 Å². The fourth-order valence-corrected chi connectivity index (χ4v) is 3.63. The molecule has 0 radical (unpaired) electrons. The number of halogens is 3. The Bertz CT molecular complexity index is 919. The Balaban J connectivity index is 1.74. The number of alkyl halides is 1. The highest BCUT2D eigenvalue weighted by Crippen LogP contribution is 2.35. The Morgan fingerprint density at radius 3 is 2.63 bits per heavy atom. The second kappa shape index (κ2) is 6.84. The van der Waals surface area contributed by atoms with Crippen molar-refractivity contribution in [2.45, 2.75) is 50.0 Å². The van der Waals surface area contributed by atoms with Crippen molar-refractivity contribution >= 4 is 23.1 Å². The molecule has 27 heavy (non-hydrogen) atoms. The van der Waals surface area contributed by atoms with Crippen LogP contribution in [0, 0.1) is 0 Å². The first kappa shape index (κ1) is 17.8. The minimum Gasteiger partial charge on any atom is -0.393 e. The van der Waals surface area contributed by atoms with Gasteiger partial charge in [-0.1, -0.05) is 0 Å². The highest BCUT2D eigenvalue weighted by atomic mass is 19.2. The summed E-state index contributed by atoms with van der Waals surface area (Å²) in [6, 6.07) is -1.46. The molecule has 0 spiro atoms. The average Bonchev–Trinajstić information content (AvgIpc) is 2.96. The molecule has 2 atom stereocenters. The molecular formula is C17H19F3N6O. The lowest BCUT2D eigenvalue weighted by Gasteiger charge is -2.29. The third-order valence-electron chi connectivity index (χ3n) is 4.98. The SMILES string of the molecule is Nc1ncc2nc(NC3C(F)=CC(F)=CC3F)n(C3CCC(O)CC3)c2n1. The smallest absolute Gasteiger partial charge is 0.222 e. The quantitative estimate of drug-likeness (QED) is 0.757. The molecule has 0 saturated heterocycles. The number of nitrogens with zero attached hydrogens (tertiary/aromatic N) is 4. The van der Waals surface area contributed by atoms with Crippen molar-refractivity contribution in [3.63, 3.8) is 0 Å². The van der Waals surface area contributed by atoms with Crippen molar-refractivity contribution in [1.82, 2.24) is 19.5 Å². The predicted molar refractivity (Wildman–Crippen MR) is 93.9 cm³/mol. The van der Waals surface area contributed by atoms with Gasteiger partial charge in [0.05, 0.1) is 12.3 Å². The summed E-state index contributed by atoms with van der Waals surface area (Å²) in [5.41, 5.74) is 6.57. The van der Waals surface area contributed by atoms with Gasteiger partial charge in [0.2, 0.25) is 11.9 Å². The van der Waals surface area contributed by atoms with Gasteiger partial charge in [-0.15, -0.1) is 0 Å². The number of rotatable bonds is 3. The number of fused-ring (bicyclic) bond motifs is 1. The minimum absolute atomic E-state index is 0.0585. The van der Waals surface area contributed by atoms with Gasteiger partial charge in [-0.25, -0.2) is 23.1 Å². The lowest BCUT2D eigenvalue weighted by Crippen LogP contribution is -2.34. The van der Waals surface area contributed by atoms with Crippen LogP contribution in [0.2, 0.25) is 0 Å². The van der Waals surface area contributed by atoms with Crippen molar-refractivity contribution in [2.75, 3.05) is 11.1 Å². The standard InChI is InChI=1S/C17H19F3N6O/c18-8-5-11(19)14(12(20)6-8)24-17-23-13-7-22-16(21)25-15(13)26(17)9-1-3-10(27)4-2-9/h5-7,9-11,14,27H,1-4H2,(H,23,24)(H2,21,22,25). The van der Waals surface area contributed by atoms with Crippen LogP contribution in [0.4, 0.5) is 25.1 Å². The summed E-state index contributed by atoms with van der Waals surface area (Å²) in [7, 11) is 0. The van der Waals surface area contributed by atoms with Gasteiger partial charge in [0.1, 0.15) is 29.4 Å². The van der Waals surface area contributed by atoms with Crippen LogP contribution in [0.5, 0.6) is 0 Å². The predicted octanol–water partition coefficient (Wildman–Crippen LogP) is 2.72. The van der Waals surface area contributed by atoms with E-state index in [1.165, 1.54) is 6.20 Å². The topological polar surface area (TPSA) is 102 Å². The van der Waals surface area contributed by atoms with E-state index in [4.69, 9.17) is 5.73 Å². The van der Waals surface area contributed by atoms with Crippen molar-refractivity contribution in [3.8, 4) is 0 Å². The Hall–Kier alpha value is -2.62. The molecule has 2 aliphatic carbocycles. The normalized spacial score (nSPS) is 28.7. The van der Waals surface area contributed by atoms with Crippen LogP contribution in [-0.2, 0) is 0 Å². The van der Waals surface area contributed by atoms with E-state index in [9.17, 15) is 18.3 Å². The summed E-state index contributed by atoms with van der Waals surface area (Å²) in [6.07, 6.45) is 3.06. The second-order valence-corrected chi connectivity index (χ2v) is 6.85. The molecule has 2 aliphatic rings. The van der Waals surface area contributed by atoms with Crippen LogP contribution < -0.4 is 11.1 Å². The molecule has 4 rings (SSSR count). The van der Waals surface area contributed by atoms with Gasteiger partial charge >= 0.3 is 0 Å².